The number of hydrogen-bond donors (Lipinski definition) is 1. The third kappa shape index (κ3) is 1.52. The highest BCUT2D eigenvalue weighted by atomic mass is 16.4. The highest BCUT2D eigenvalue weighted by Crippen LogP contribution is 2.39. The van der Waals surface area contributed by atoms with Crippen molar-refractivity contribution in [2.75, 3.05) is 13.1 Å². The Kier molecular flexibility index (Phi) is 2.54. The molecule has 0 aromatic heterocycles. The van der Waals surface area contributed by atoms with E-state index in [2.05, 4.69) is 0 Å². The van der Waals surface area contributed by atoms with Crippen LogP contribution in [-0.4, -0.2) is 51.6 Å². The molecule has 1 aliphatic carbocycles. The van der Waals surface area contributed by atoms with Gasteiger partial charge in [-0.1, -0.05) is 0 Å². The summed E-state index contributed by atoms with van der Waals surface area (Å²) in [5.74, 6) is -0.227. The zero-order chi connectivity index (χ0) is 12.9. The van der Waals surface area contributed by atoms with Crippen LogP contribution >= 0.6 is 0 Å². The second-order valence-electron chi connectivity index (χ2n) is 6.10. The lowest BCUT2D eigenvalue weighted by Gasteiger charge is -2.37. The normalized spacial score (nSPS) is 38.5. The molecule has 2 aliphatic heterocycles. The lowest BCUT2D eigenvalue weighted by molar-refractivity contribution is -0.147. The van der Waals surface area contributed by atoms with E-state index in [1.807, 2.05) is 4.90 Å². The molecule has 2 heterocycles. The van der Waals surface area contributed by atoms with E-state index in [9.17, 15) is 14.7 Å². The molecule has 1 saturated carbocycles. The fraction of sp³-hybridized carbons (Fsp3) is 0.846. The van der Waals surface area contributed by atoms with Crippen molar-refractivity contribution in [2.24, 2.45) is 5.92 Å². The first kappa shape index (κ1) is 11.8. The average molecular weight is 252 g/mol. The van der Waals surface area contributed by atoms with E-state index in [0.29, 0.717) is 24.9 Å². The Morgan fingerprint density at radius 1 is 1.33 bits per heavy atom. The van der Waals surface area contributed by atoms with Crippen molar-refractivity contribution in [1.29, 1.82) is 0 Å². The summed E-state index contributed by atoms with van der Waals surface area (Å²) in [6.07, 6.45) is 4.79. The first-order chi connectivity index (χ1) is 8.52. The number of nitrogens with zero attached hydrogens (tertiary/aromatic N) is 2. The van der Waals surface area contributed by atoms with Crippen LogP contribution in [0.5, 0.6) is 0 Å². The molecule has 0 spiro atoms. The van der Waals surface area contributed by atoms with E-state index < -0.39 is 11.5 Å². The first-order valence-corrected chi connectivity index (χ1v) is 6.84. The van der Waals surface area contributed by atoms with Crippen LogP contribution in [-0.2, 0) is 4.79 Å². The number of carboxylic acids is 1. The van der Waals surface area contributed by atoms with Crippen molar-refractivity contribution >= 4 is 12.0 Å². The zero-order valence-electron chi connectivity index (χ0n) is 10.8. The van der Waals surface area contributed by atoms with Gasteiger partial charge in [0, 0.05) is 19.1 Å². The van der Waals surface area contributed by atoms with Gasteiger partial charge in [0.1, 0.15) is 5.54 Å². The number of urea groups is 1. The van der Waals surface area contributed by atoms with Gasteiger partial charge in [0.05, 0.1) is 0 Å². The Hall–Kier alpha value is -1.26. The van der Waals surface area contributed by atoms with Crippen LogP contribution in [0.4, 0.5) is 4.79 Å². The molecule has 1 N–H and O–H groups in total. The Morgan fingerprint density at radius 3 is 2.67 bits per heavy atom. The number of fused-ring (bicyclic) bond motifs is 2. The number of piperidine rings is 1. The Bertz CT molecular complexity index is 398. The molecule has 2 amide bonds. The maximum absolute atomic E-state index is 12.5. The minimum Gasteiger partial charge on any atom is -0.480 e. The molecule has 2 bridgehead atoms. The van der Waals surface area contributed by atoms with Crippen LogP contribution in [0, 0.1) is 5.92 Å². The molecule has 5 heteroatoms. The van der Waals surface area contributed by atoms with Gasteiger partial charge in [0.15, 0.2) is 0 Å². The summed E-state index contributed by atoms with van der Waals surface area (Å²) in [6, 6.07) is 0.311. The van der Waals surface area contributed by atoms with Gasteiger partial charge >= 0.3 is 12.0 Å². The standard InChI is InChI=1S/C13H20N2O3/c1-13(11(16)17)5-2-6-15(13)12(18)14-8-9-3-4-10(14)7-9/h9-10H,2-8H2,1H3,(H,16,17). The largest absolute Gasteiger partial charge is 0.480 e. The number of carbonyl (C=O) groups excluding carboxylic acids is 1. The second-order valence-corrected chi connectivity index (χ2v) is 6.10. The molecule has 100 valence electrons. The minimum absolute atomic E-state index is 0.0513. The molecule has 2 saturated heterocycles. The van der Waals surface area contributed by atoms with Crippen molar-refractivity contribution < 1.29 is 14.7 Å². The molecule has 18 heavy (non-hydrogen) atoms. The highest BCUT2D eigenvalue weighted by molar-refractivity contribution is 5.87. The van der Waals surface area contributed by atoms with Gasteiger partial charge in [0.2, 0.25) is 0 Å². The predicted octanol–water partition coefficient (Wildman–Crippen LogP) is 1.53. The van der Waals surface area contributed by atoms with Gasteiger partial charge in [-0.15, -0.1) is 0 Å². The fourth-order valence-corrected chi connectivity index (χ4v) is 3.81. The summed E-state index contributed by atoms with van der Waals surface area (Å²) in [4.78, 5) is 27.4. The van der Waals surface area contributed by atoms with Crippen LogP contribution in [0.1, 0.15) is 39.0 Å². The summed E-state index contributed by atoms with van der Waals surface area (Å²) < 4.78 is 0. The molecule has 3 atom stereocenters. The number of hydrogen-bond acceptors (Lipinski definition) is 2. The van der Waals surface area contributed by atoms with Crippen LogP contribution in [0.25, 0.3) is 0 Å². The Balaban J connectivity index is 1.78. The van der Waals surface area contributed by atoms with E-state index in [0.717, 1.165) is 25.8 Å². The highest BCUT2D eigenvalue weighted by Gasteiger charge is 2.50. The quantitative estimate of drug-likeness (QED) is 0.770. The maximum Gasteiger partial charge on any atom is 0.329 e. The van der Waals surface area contributed by atoms with Crippen molar-refractivity contribution in [1.82, 2.24) is 9.80 Å². The topological polar surface area (TPSA) is 60.9 Å². The molecule has 0 aromatic carbocycles. The predicted molar refractivity (Wildman–Crippen MR) is 65.2 cm³/mol. The summed E-state index contributed by atoms with van der Waals surface area (Å²) in [5.41, 5.74) is -1.00. The monoisotopic (exact) mass is 252 g/mol. The number of carboxylic acid groups (broad SMARTS) is 1. The third-order valence-electron chi connectivity index (χ3n) is 4.99. The molecule has 3 aliphatic rings. The number of amides is 2. The summed E-state index contributed by atoms with van der Waals surface area (Å²) >= 11 is 0. The van der Waals surface area contributed by atoms with E-state index in [1.54, 1.807) is 11.8 Å². The maximum atomic E-state index is 12.5. The zero-order valence-corrected chi connectivity index (χ0v) is 10.8. The lowest BCUT2D eigenvalue weighted by Crippen LogP contribution is -2.56. The van der Waals surface area contributed by atoms with Crippen LogP contribution < -0.4 is 0 Å². The van der Waals surface area contributed by atoms with E-state index in [1.165, 1.54) is 6.42 Å². The number of likely N-dealkylation sites (tertiary alicyclic amines) is 2. The SMILES string of the molecule is CC1(C(=O)O)CCCN1C(=O)N1CC2CCC1C2. The smallest absolute Gasteiger partial charge is 0.329 e. The second kappa shape index (κ2) is 3.87. The molecular formula is C13H20N2O3. The van der Waals surface area contributed by atoms with Crippen LogP contribution in [0.3, 0.4) is 0 Å². The van der Waals surface area contributed by atoms with Gasteiger partial charge in [-0.25, -0.2) is 9.59 Å². The molecule has 5 nitrogen and oxygen atoms in total. The van der Waals surface area contributed by atoms with Gasteiger partial charge in [-0.2, -0.15) is 0 Å². The van der Waals surface area contributed by atoms with Crippen LogP contribution in [0.2, 0.25) is 0 Å². The van der Waals surface area contributed by atoms with E-state index in [4.69, 9.17) is 0 Å². The van der Waals surface area contributed by atoms with Gasteiger partial charge in [-0.3, -0.25) is 0 Å². The number of carbonyl (C=O) groups is 2. The molecule has 3 rings (SSSR count). The van der Waals surface area contributed by atoms with Crippen molar-refractivity contribution in [3.05, 3.63) is 0 Å². The number of rotatable bonds is 1. The van der Waals surface area contributed by atoms with Gasteiger partial charge < -0.3 is 14.9 Å². The molecular weight excluding hydrogens is 232 g/mol. The summed E-state index contributed by atoms with van der Waals surface area (Å²) in [7, 11) is 0. The summed E-state index contributed by atoms with van der Waals surface area (Å²) in [5, 5.41) is 9.35. The average Bonchev–Trinajstić information content (AvgIpc) is 3.02. The van der Waals surface area contributed by atoms with Crippen molar-refractivity contribution in [3.63, 3.8) is 0 Å². The van der Waals surface area contributed by atoms with E-state index in [-0.39, 0.29) is 6.03 Å². The van der Waals surface area contributed by atoms with Crippen molar-refractivity contribution in [2.45, 2.75) is 50.6 Å². The first-order valence-electron chi connectivity index (χ1n) is 6.84. The third-order valence-corrected chi connectivity index (χ3v) is 4.99. The molecule has 3 fully saturated rings. The van der Waals surface area contributed by atoms with E-state index >= 15 is 0 Å². The lowest BCUT2D eigenvalue weighted by atomic mass is 9.99. The molecule has 0 aromatic rings. The van der Waals surface area contributed by atoms with Crippen LogP contribution in [0.15, 0.2) is 0 Å². The Morgan fingerprint density at radius 2 is 2.11 bits per heavy atom. The van der Waals surface area contributed by atoms with Gasteiger partial charge in [0.25, 0.3) is 0 Å². The van der Waals surface area contributed by atoms with Gasteiger partial charge in [-0.05, 0) is 44.9 Å². The van der Waals surface area contributed by atoms with Crippen molar-refractivity contribution in [3.8, 4) is 0 Å². The Labute approximate surface area is 107 Å². The number of aliphatic carboxylic acids is 1. The minimum atomic E-state index is -1.00. The molecule has 0 radical (unpaired) electrons. The fourth-order valence-electron chi connectivity index (χ4n) is 3.81. The summed E-state index contributed by atoms with van der Waals surface area (Å²) in [6.45, 7) is 3.08. The molecule has 3 unspecified atom stereocenters.